The Kier molecular flexibility index (Phi) is 22.7. The van der Waals surface area contributed by atoms with E-state index < -0.39 is 74.4 Å². The van der Waals surface area contributed by atoms with Crippen LogP contribution in [0, 0.1) is 30.2 Å². The molecule has 3 amide bonds. The number of H-pyrrole nitrogens is 1. The van der Waals surface area contributed by atoms with Crippen LogP contribution < -0.4 is 49.0 Å². The SMILES string of the molecule is C=CC(=O)N1CCN(c2nc(=O)n(-c3c(C4CC4)nc(N)nc3C3CC3)c3nc(-c4c(O)cccc4F)c(F)cc23)[C@@H](C)C1.C=CC(=O)N1C[C@H](C)N(c2nc(=O)n(-c3c(C4CC4)nc(C)nc3C3CC3)c3nc(-c4cccc5[nH]nc(N)c45)c(Cl)cc23)C[C@H]1C.C=CC(=O)N1C[C@H](C)N(c2nc(=O)n(-c3c(C4CC4)nc(N)nc3C3CC3)c3nc(-c4c(O)cccc4F)c(F)cc23)C[C@H]1C. The molecular formula is C97H97ClF4N26O8. The number of aryl methyl sites for hydroxylation is 1. The number of carbonyl (C=O) groups excluding carboxylic acids is 3. The summed E-state index contributed by atoms with van der Waals surface area (Å²) in [6.07, 6.45) is 14.7. The Morgan fingerprint density at radius 3 is 1.17 bits per heavy atom. The normalized spacial score (nSPS) is 19.5. The highest BCUT2D eigenvalue weighted by Crippen LogP contribution is 2.53. The molecule has 0 bridgehead atoms. The van der Waals surface area contributed by atoms with Crippen LogP contribution in [0.2, 0.25) is 5.02 Å². The van der Waals surface area contributed by atoms with Crippen LogP contribution in [0.1, 0.15) is 187 Å². The second-order valence-electron chi connectivity index (χ2n) is 36.9. The molecule has 9 N–H and O–H groups in total. The first-order valence-electron chi connectivity index (χ1n) is 45.8. The molecule has 3 saturated heterocycles. The van der Waals surface area contributed by atoms with Gasteiger partial charge in [0.2, 0.25) is 29.6 Å². The van der Waals surface area contributed by atoms with E-state index in [-0.39, 0.29) is 129 Å². The molecule has 13 heterocycles. The van der Waals surface area contributed by atoms with Gasteiger partial charge < -0.3 is 56.8 Å². The van der Waals surface area contributed by atoms with Crippen molar-refractivity contribution in [2.45, 2.75) is 184 Å². The van der Waals surface area contributed by atoms with Crippen LogP contribution in [0.15, 0.2) is 125 Å². The largest absolute Gasteiger partial charge is 0.507 e. The third-order valence-corrected chi connectivity index (χ3v) is 27.3. The minimum Gasteiger partial charge on any atom is -0.507 e. The van der Waals surface area contributed by atoms with Gasteiger partial charge in [-0.2, -0.15) is 20.1 Å². The molecular weight excluding hydrogens is 1770 g/mol. The van der Waals surface area contributed by atoms with Crippen LogP contribution in [0.3, 0.4) is 0 Å². The smallest absolute Gasteiger partial charge is 0.355 e. The highest BCUT2D eigenvalue weighted by atomic mass is 35.5. The second-order valence-corrected chi connectivity index (χ2v) is 37.3. The molecule has 0 radical (unpaired) electrons. The van der Waals surface area contributed by atoms with Crippen LogP contribution in [-0.4, -0.2) is 202 Å². The number of aromatic hydroxyl groups is 2. The lowest BCUT2D eigenvalue weighted by Crippen LogP contribution is -2.58. The first-order valence-corrected chi connectivity index (χ1v) is 46.1. The van der Waals surface area contributed by atoms with Crippen molar-refractivity contribution in [3.8, 4) is 62.3 Å². The predicted molar refractivity (Wildman–Crippen MR) is 506 cm³/mol. The first kappa shape index (κ1) is 89.2. The molecule has 0 unspecified atom stereocenters. The number of carbonyl (C=O) groups is 3. The maximum absolute atomic E-state index is 16.0. The molecule has 9 aliphatic rings. The van der Waals surface area contributed by atoms with E-state index in [0.717, 1.165) is 106 Å². The van der Waals surface area contributed by atoms with Crippen molar-refractivity contribution < 1.29 is 42.2 Å². The number of benzene rings is 3. The number of amides is 3. The van der Waals surface area contributed by atoms with Gasteiger partial charge in [0.05, 0.1) is 100 Å². The van der Waals surface area contributed by atoms with Crippen molar-refractivity contribution in [2.24, 2.45) is 0 Å². The van der Waals surface area contributed by atoms with Gasteiger partial charge in [0.1, 0.15) is 57.8 Å². The summed E-state index contributed by atoms with van der Waals surface area (Å²) in [5, 5.41) is 30.4. The molecule has 10 aromatic heterocycles. The average Bonchev–Trinajstić information content (AvgIpc) is 1.43. The number of aromatic amines is 1. The summed E-state index contributed by atoms with van der Waals surface area (Å²) in [6, 6.07) is 16.0. The Labute approximate surface area is 779 Å². The number of piperazine rings is 3. The number of anilines is 6. The van der Waals surface area contributed by atoms with Gasteiger partial charge in [0, 0.05) is 117 Å². The predicted octanol–water partition coefficient (Wildman–Crippen LogP) is 13.0. The number of aromatic nitrogens is 17. The molecule has 3 aromatic carbocycles. The van der Waals surface area contributed by atoms with Crippen molar-refractivity contribution in [3.63, 3.8) is 0 Å². The molecule has 5 atom stereocenters. The van der Waals surface area contributed by atoms with Gasteiger partial charge in [0.25, 0.3) is 0 Å². The van der Waals surface area contributed by atoms with E-state index in [1.807, 2.05) is 75.6 Å². The van der Waals surface area contributed by atoms with E-state index in [1.54, 1.807) is 19.3 Å². The maximum atomic E-state index is 16.0. The first-order chi connectivity index (χ1) is 65.4. The van der Waals surface area contributed by atoms with Gasteiger partial charge in [-0.05, 0) is 185 Å². The second kappa shape index (κ2) is 34.6. The van der Waals surface area contributed by atoms with Crippen LogP contribution in [0.4, 0.5) is 52.7 Å². The third kappa shape index (κ3) is 16.2. The van der Waals surface area contributed by atoms with Crippen LogP contribution >= 0.6 is 11.6 Å². The van der Waals surface area contributed by atoms with Crippen molar-refractivity contribution in [1.29, 1.82) is 0 Å². The molecule has 6 saturated carbocycles. The molecule has 136 heavy (non-hydrogen) atoms. The van der Waals surface area contributed by atoms with Gasteiger partial charge in [-0.25, -0.2) is 90.5 Å². The number of pyridine rings is 3. The molecule has 34 nitrogen and oxygen atoms in total. The molecule has 39 heteroatoms. The van der Waals surface area contributed by atoms with Crippen molar-refractivity contribution in [1.82, 2.24) is 98.4 Å². The number of nitrogens with two attached hydrogens (primary N) is 3. The Hall–Kier alpha value is -14.7. The number of nitrogen functional groups attached to an aromatic ring is 3. The lowest BCUT2D eigenvalue weighted by molar-refractivity contribution is -0.129. The number of phenols is 2. The van der Waals surface area contributed by atoms with E-state index in [2.05, 4.69) is 74.7 Å². The summed E-state index contributed by atoms with van der Waals surface area (Å²) in [6.45, 7) is 24.9. The fourth-order valence-corrected chi connectivity index (χ4v) is 19.6. The fraction of sp³-hybridized carbons (Fsp3) is 0.371. The molecule has 6 aliphatic carbocycles. The molecule has 3 aliphatic heterocycles. The Morgan fingerprint density at radius 2 is 0.794 bits per heavy atom. The van der Waals surface area contributed by atoms with Crippen LogP contribution in [-0.2, 0) is 14.4 Å². The molecule has 0 spiro atoms. The van der Waals surface area contributed by atoms with E-state index in [9.17, 15) is 39.0 Å². The number of phenolic OH excluding ortho intramolecular Hbond substituents is 2. The number of rotatable bonds is 18. The van der Waals surface area contributed by atoms with Gasteiger partial charge in [0.15, 0.2) is 34.4 Å². The molecule has 9 fully saturated rings. The Morgan fingerprint density at radius 1 is 0.434 bits per heavy atom. The van der Waals surface area contributed by atoms with Gasteiger partial charge in [-0.3, -0.25) is 19.5 Å². The number of hydrogen-bond donors (Lipinski definition) is 6. The summed E-state index contributed by atoms with van der Waals surface area (Å²) in [5.74, 6) is -2.31. The molecule has 22 rings (SSSR count). The highest BCUT2D eigenvalue weighted by molar-refractivity contribution is 6.34. The van der Waals surface area contributed by atoms with E-state index in [4.69, 9.17) is 48.7 Å². The monoisotopic (exact) mass is 1860 g/mol. The quantitative estimate of drug-likeness (QED) is 0.0343. The van der Waals surface area contributed by atoms with E-state index >= 15 is 17.6 Å². The van der Waals surface area contributed by atoms with Crippen LogP contribution in [0.5, 0.6) is 11.5 Å². The Balaban J connectivity index is 0.000000126. The van der Waals surface area contributed by atoms with Gasteiger partial charge >= 0.3 is 17.1 Å². The number of halogens is 5. The number of nitrogens with zero attached hydrogens (tertiary/aromatic N) is 22. The average molecular weight is 1870 g/mol. The zero-order valence-corrected chi connectivity index (χ0v) is 76.1. The van der Waals surface area contributed by atoms with Crippen LogP contribution in [0.25, 0.3) is 94.8 Å². The van der Waals surface area contributed by atoms with Crippen molar-refractivity contribution in [2.75, 3.05) is 77.7 Å². The molecule has 698 valence electrons. The van der Waals surface area contributed by atoms with E-state index in [0.29, 0.717) is 136 Å². The summed E-state index contributed by atoms with van der Waals surface area (Å²) in [5.41, 5.74) is 23.0. The van der Waals surface area contributed by atoms with Crippen molar-refractivity contribution in [3.05, 3.63) is 210 Å². The van der Waals surface area contributed by atoms with E-state index in [1.165, 1.54) is 63.8 Å². The maximum Gasteiger partial charge on any atom is 0.355 e. The summed E-state index contributed by atoms with van der Waals surface area (Å²) in [7, 11) is 0. The lowest BCUT2D eigenvalue weighted by atomic mass is 10.0. The summed E-state index contributed by atoms with van der Waals surface area (Å²) >= 11 is 7.10. The fourth-order valence-electron chi connectivity index (χ4n) is 19.4. The Bertz CT molecular complexity index is 7290. The van der Waals surface area contributed by atoms with Crippen molar-refractivity contribution >= 4 is 108 Å². The zero-order valence-electron chi connectivity index (χ0n) is 75.4. The lowest BCUT2D eigenvalue weighted by Gasteiger charge is -2.44. The standard InChI is InChI=1S/C34H35ClN10O2.C32H32F2N8O3.C31H30F2N8O3/c1-5-25(46)43-14-17(3)44(15-16(43)2)32-22-13-23(35)29(21-7-6-8-24-26(21)31(36)42-41-24)39-33(22)45(34(47)40-32)30-27(19-9-10-19)37-18(4)38-28(30)20-11-12-20;1-4-23(44)40-13-16(3)41(14-15(40)2)29-19-12-21(34)27(24-20(33)6-5-7-22(24)43)36-30(19)42(32(45)39-29)28-25(17-8-9-17)37-31(35)38-26(28)18-10-11-18;1-3-22(43)39-11-12-40(15(2)14-39)28-18-13-20(33)26(23-19(32)5-4-6-21(23)42)35-29(18)41(31(44)38-28)27-24(16-7-8-16)36-30(34)37-25(27)17-9-10-17/h5-8,13,16-17,19-20H,1,9-12,14-15H2,2-4H3,(H3,36,41,42);4-7,12,15-18,43H,1,8-11,13-14H2,2-3H3,(H2,35,37,38);3-6,13,15-17,42H,1,7-12,14H2,2H3,(H2,34,36,37)/t16-,17+;15-,16+;15-/m110/s1. The highest BCUT2D eigenvalue weighted by Gasteiger charge is 2.45. The number of hydrogen-bond acceptors (Lipinski definition) is 27. The van der Waals surface area contributed by atoms with Gasteiger partial charge in [-0.15, -0.1) is 0 Å². The minimum absolute atomic E-state index is 0.0191. The topological polar surface area (TPSA) is 439 Å². The minimum atomic E-state index is -0.907. The number of nitrogens with one attached hydrogen (secondary N) is 1. The summed E-state index contributed by atoms with van der Waals surface area (Å²) < 4.78 is 66.3. The third-order valence-electron chi connectivity index (χ3n) is 27.0. The van der Waals surface area contributed by atoms with Gasteiger partial charge in [-0.1, -0.05) is 55.6 Å². The zero-order chi connectivity index (χ0) is 95.3. The number of fused-ring (bicyclic) bond motifs is 4. The summed E-state index contributed by atoms with van der Waals surface area (Å²) in [4.78, 5) is 147. The molecule has 13 aromatic rings.